The van der Waals surface area contributed by atoms with E-state index < -0.39 is 11.4 Å². The second-order valence-electron chi connectivity index (χ2n) is 7.41. The minimum Gasteiger partial charge on any atom is -0.481 e. The SMILES string of the molecule is CC(C)C1(C(=O)O)CCN(C(=O)N2CCC(C)(C)C2)C1. The van der Waals surface area contributed by atoms with Gasteiger partial charge < -0.3 is 14.9 Å². The molecule has 1 N–H and O–H groups in total. The first-order valence-electron chi connectivity index (χ1n) is 7.45. The molecule has 2 aliphatic rings. The first-order chi connectivity index (χ1) is 9.18. The maximum absolute atomic E-state index is 12.5. The Kier molecular flexibility index (Phi) is 3.73. The number of hydrogen-bond acceptors (Lipinski definition) is 2. The van der Waals surface area contributed by atoms with Crippen molar-refractivity contribution in [2.75, 3.05) is 26.2 Å². The van der Waals surface area contributed by atoms with E-state index in [1.165, 1.54) is 0 Å². The van der Waals surface area contributed by atoms with Gasteiger partial charge in [0.1, 0.15) is 0 Å². The Morgan fingerprint density at radius 3 is 2.00 bits per heavy atom. The molecule has 2 rings (SSSR count). The lowest BCUT2D eigenvalue weighted by Gasteiger charge is -2.30. The predicted octanol–water partition coefficient (Wildman–Crippen LogP) is 2.27. The van der Waals surface area contributed by atoms with Crippen LogP contribution in [0.2, 0.25) is 0 Å². The van der Waals surface area contributed by atoms with Gasteiger partial charge in [-0.15, -0.1) is 0 Å². The number of amides is 2. The zero-order valence-corrected chi connectivity index (χ0v) is 13.0. The first-order valence-corrected chi connectivity index (χ1v) is 7.45. The number of rotatable bonds is 2. The summed E-state index contributed by atoms with van der Waals surface area (Å²) >= 11 is 0. The van der Waals surface area contributed by atoms with Crippen LogP contribution in [0.1, 0.15) is 40.5 Å². The highest BCUT2D eigenvalue weighted by molar-refractivity contribution is 5.80. The fourth-order valence-electron chi connectivity index (χ4n) is 3.36. The van der Waals surface area contributed by atoms with Crippen molar-refractivity contribution < 1.29 is 14.7 Å². The first kappa shape index (κ1) is 15.1. The minimum atomic E-state index is -0.774. The Bertz CT molecular complexity index is 419. The topological polar surface area (TPSA) is 60.9 Å². The van der Waals surface area contributed by atoms with Gasteiger partial charge in [0.05, 0.1) is 5.41 Å². The van der Waals surface area contributed by atoms with E-state index in [1.54, 1.807) is 4.90 Å². The molecule has 1 unspecified atom stereocenters. The maximum atomic E-state index is 12.5. The van der Waals surface area contributed by atoms with Crippen LogP contribution in [-0.2, 0) is 4.79 Å². The molecule has 0 aliphatic carbocycles. The summed E-state index contributed by atoms with van der Waals surface area (Å²) in [5.41, 5.74) is -0.595. The fourth-order valence-corrected chi connectivity index (χ4v) is 3.36. The lowest BCUT2D eigenvalue weighted by Crippen LogP contribution is -2.45. The van der Waals surface area contributed by atoms with Crippen molar-refractivity contribution in [2.24, 2.45) is 16.7 Å². The van der Waals surface area contributed by atoms with Crippen LogP contribution in [0.25, 0.3) is 0 Å². The zero-order valence-electron chi connectivity index (χ0n) is 13.0. The van der Waals surface area contributed by atoms with Crippen LogP contribution < -0.4 is 0 Å². The molecule has 114 valence electrons. The molecule has 5 nitrogen and oxygen atoms in total. The summed E-state index contributed by atoms with van der Waals surface area (Å²) < 4.78 is 0. The minimum absolute atomic E-state index is 0.0133. The van der Waals surface area contributed by atoms with Crippen LogP contribution in [0.3, 0.4) is 0 Å². The molecule has 0 bridgehead atoms. The highest BCUT2D eigenvalue weighted by atomic mass is 16.4. The average Bonchev–Trinajstić information content (AvgIpc) is 2.92. The van der Waals surface area contributed by atoms with Gasteiger partial charge in [-0.3, -0.25) is 4.79 Å². The van der Waals surface area contributed by atoms with Crippen LogP contribution in [0.5, 0.6) is 0 Å². The number of urea groups is 1. The van der Waals surface area contributed by atoms with Gasteiger partial charge in [0.2, 0.25) is 0 Å². The Balaban J connectivity index is 2.06. The Hall–Kier alpha value is -1.26. The summed E-state index contributed by atoms with van der Waals surface area (Å²) in [5, 5.41) is 9.53. The van der Waals surface area contributed by atoms with Gasteiger partial charge in [0.25, 0.3) is 0 Å². The molecule has 0 aromatic heterocycles. The molecule has 5 heteroatoms. The monoisotopic (exact) mass is 282 g/mol. The number of likely N-dealkylation sites (tertiary alicyclic amines) is 2. The van der Waals surface area contributed by atoms with E-state index in [9.17, 15) is 14.7 Å². The number of aliphatic carboxylic acids is 1. The van der Waals surface area contributed by atoms with Gasteiger partial charge in [0, 0.05) is 26.2 Å². The fraction of sp³-hybridized carbons (Fsp3) is 0.867. The molecule has 1 atom stereocenters. The van der Waals surface area contributed by atoms with E-state index in [1.807, 2.05) is 18.7 Å². The predicted molar refractivity (Wildman–Crippen MR) is 76.5 cm³/mol. The van der Waals surface area contributed by atoms with E-state index in [0.29, 0.717) is 19.5 Å². The Morgan fingerprint density at radius 1 is 1.05 bits per heavy atom. The molecule has 20 heavy (non-hydrogen) atoms. The number of carbonyl (C=O) groups excluding carboxylic acids is 1. The summed E-state index contributed by atoms with van der Waals surface area (Å²) in [6.45, 7) is 10.6. The van der Waals surface area contributed by atoms with E-state index >= 15 is 0 Å². The van der Waals surface area contributed by atoms with E-state index in [4.69, 9.17) is 0 Å². The summed E-state index contributed by atoms with van der Waals surface area (Å²) in [6, 6.07) is 0.0133. The molecule has 0 aromatic carbocycles. The second kappa shape index (κ2) is 4.93. The Morgan fingerprint density at radius 2 is 1.60 bits per heavy atom. The number of hydrogen-bond donors (Lipinski definition) is 1. The molecule has 0 spiro atoms. The van der Waals surface area contributed by atoms with Crippen LogP contribution in [0.4, 0.5) is 4.79 Å². The van der Waals surface area contributed by atoms with Gasteiger partial charge in [-0.25, -0.2) is 4.79 Å². The second-order valence-corrected chi connectivity index (χ2v) is 7.41. The highest BCUT2D eigenvalue weighted by Crippen LogP contribution is 2.39. The summed E-state index contributed by atoms with van der Waals surface area (Å²) in [7, 11) is 0. The van der Waals surface area contributed by atoms with Gasteiger partial charge in [-0.1, -0.05) is 27.7 Å². The molecule has 0 radical (unpaired) electrons. The molecule has 2 fully saturated rings. The van der Waals surface area contributed by atoms with Crippen molar-refractivity contribution >= 4 is 12.0 Å². The van der Waals surface area contributed by atoms with E-state index in [2.05, 4.69) is 13.8 Å². The van der Waals surface area contributed by atoms with Crippen LogP contribution in [0, 0.1) is 16.7 Å². The smallest absolute Gasteiger partial charge is 0.320 e. The molecule has 2 amide bonds. The van der Waals surface area contributed by atoms with Gasteiger partial charge in [0.15, 0.2) is 0 Å². The van der Waals surface area contributed by atoms with Crippen LogP contribution in [0.15, 0.2) is 0 Å². The molecular formula is C15H26N2O3. The van der Waals surface area contributed by atoms with Crippen molar-refractivity contribution in [2.45, 2.75) is 40.5 Å². The zero-order chi connectivity index (χ0) is 15.1. The molecular weight excluding hydrogens is 256 g/mol. The van der Waals surface area contributed by atoms with Gasteiger partial charge in [-0.05, 0) is 24.2 Å². The molecule has 0 aromatic rings. The lowest BCUT2D eigenvalue weighted by atomic mass is 9.76. The standard InChI is InChI=1S/C15H26N2O3/c1-11(2)15(12(18)19)6-8-17(10-15)13(20)16-7-5-14(3,4)9-16/h11H,5-10H2,1-4H3,(H,18,19). The molecule has 2 saturated heterocycles. The third-order valence-electron chi connectivity index (χ3n) is 5.05. The third kappa shape index (κ3) is 2.50. The summed E-state index contributed by atoms with van der Waals surface area (Å²) in [6.07, 6.45) is 1.57. The largest absolute Gasteiger partial charge is 0.481 e. The number of nitrogens with zero attached hydrogens (tertiary/aromatic N) is 2. The van der Waals surface area contributed by atoms with Crippen LogP contribution in [-0.4, -0.2) is 53.1 Å². The summed E-state index contributed by atoms with van der Waals surface area (Å²) in [4.78, 5) is 27.7. The van der Waals surface area contributed by atoms with Crippen molar-refractivity contribution in [1.82, 2.24) is 9.80 Å². The van der Waals surface area contributed by atoms with Crippen molar-refractivity contribution in [3.63, 3.8) is 0 Å². The molecule has 2 heterocycles. The van der Waals surface area contributed by atoms with E-state index in [-0.39, 0.29) is 17.4 Å². The van der Waals surface area contributed by atoms with Crippen molar-refractivity contribution in [3.8, 4) is 0 Å². The maximum Gasteiger partial charge on any atom is 0.320 e. The average molecular weight is 282 g/mol. The van der Waals surface area contributed by atoms with Crippen LogP contribution >= 0.6 is 0 Å². The van der Waals surface area contributed by atoms with Crippen molar-refractivity contribution in [1.29, 1.82) is 0 Å². The van der Waals surface area contributed by atoms with Crippen molar-refractivity contribution in [3.05, 3.63) is 0 Å². The number of carbonyl (C=O) groups is 2. The van der Waals surface area contributed by atoms with E-state index in [0.717, 1.165) is 19.5 Å². The normalized spacial score (nSPS) is 29.2. The molecule has 2 aliphatic heterocycles. The van der Waals surface area contributed by atoms with Gasteiger partial charge in [-0.2, -0.15) is 0 Å². The Labute approximate surface area is 120 Å². The third-order valence-corrected chi connectivity index (χ3v) is 5.05. The summed E-state index contributed by atoms with van der Waals surface area (Å²) in [5.74, 6) is -0.739. The number of carboxylic acid groups (broad SMARTS) is 1. The lowest BCUT2D eigenvalue weighted by molar-refractivity contribution is -0.150. The molecule has 0 saturated carbocycles. The van der Waals surface area contributed by atoms with Gasteiger partial charge >= 0.3 is 12.0 Å². The quantitative estimate of drug-likeness (QED) is 0.845. The highest BCUT2D eigenvalue weighted by Gasteiger charge is 2.49. The number of carboxylic acids is 1.